The van der Waals surface area contributed by atoms with Gasteiger partial charge in [0, 0.05) is 24.9 Å². The van der Waals surface area contributed by atoms with E-state index in [0.29, 0.717) is 29.4 Å². The number of Topliss-reactive ketones (excluding diaryl/α,β-unsaturated/α-hetero) is 1. The lowest BCUT2D eigenvalue weighted by atomic mass is 10.0. The Bertz CT molecular complexity index is 755. The van der Waals surface area contributed by atoms with Crippen LogP contribution in [0.5, 0.6) is 0 Å². The van der Waals surface area contributed by atoms with E-state index in [4.69, 9.17) is 5.73 Å². The number of hydrogen-bond acceptors (Lipinski definition) is 5. The van der Waals surface area contributed by atoms with Crippen LogP contribution in [0.25, 0.3) is 0 Å². The number of nitrogens with two attached hydrogens (primary N) is 1. The van der Waals surface area contributed by atoms with Gasteiger partial charge in [0.15, 0.2) is 10.9 Å². The average Bonchev–Trinajstić information content (AvgIpc) is 2.95. The molecule has 0 spiro atoms. The van der Waals surface area contributed by atoms with Gasteiger partial charge in [-0.05, 0) is 38.0 Å². The van der Waals surface area contributed by atoms with Gasteiger partial charge < -0.3 is 10.3 Å². The second-order valence-electron chi connectivity index (χ2n) is 5.62. The van der Waals surface area contributed by atoms with E-state index in [1.807, 2.05) is 43.5 Å². The minimum absolute atomic E-state index is 0.0624. The van der Waals surface area contributed by atoms with Gasteiger partial charge in [-0.25, -0.2) is 0 Å². The van der Waals surface area contributed by atoms with E-state index in [2.05, 4.69) is 10.2 Å². The molecule has 0 unspecified atom stereocenters. The standard InChI is InChI=1S/C17H22N4O2S/c1-4-21-16(8-7-15(18)23)19-20-17(21)24-10-14(22)13-6-5-11(2)12(3)9-13/h5-6,9H,4,7-8,10H2,1-3H3,(H2,18,23). The van der Waals surface area contributed by atoms with Crippen LogP contribution in [-0.2, 0) is 17.8 Å². The molecule has 0 radical (unpaired) electrons. The quantitative estimate of drug-likeness (QED) is 0.585. The first-order chi connectivity index (χ1) is 11.4. The first-order valence-electron chi connectivity index (χ1n) is 7.86. The number of thioether (sulfide) groups is 1. The number of carbonyl (C=O) groups excluding carboxylic acids is 2. The zero-order valence-corrected chi connectivity index (χ0v) is 15.0. The number of carbonyl (C=O) groups is 2. The van der Waals surface area contributed by atoms with Crippen LogP contribution >= 0.6 is 11.8 Å². The summed E-state index contributed by atoms with van der Waals surface area (Å²) in [7, 11) is 0. The second-order valence-corrected chi connectivity index (χ2v) is 6.56. The van der Waals surface area contributed by atoms with E-state index < -0.39 is 0 Å². The third-order valence-electron chi connectivity index (χ3n) is 3.87. The zero-order valence-electron chi connectivity index (χ0n) is 14.2. The molecule has 0 atom stereocenters. The number of ketones is 1. The van der Waals surface area contributed by atoms with Gasteiger partial charge in [-0.3, -0.25) is 9.59 Å². The van der Waals surface area contributed by atoms with Crippen molar-refractivity contribution < 1.29 is 9.59 Å². The van der Waals surface area contributed by atoms with E-state index in [9.17, 15) is 9.59 Å². The Morgan fingerprint density at radius 3 is 2.58 bits per heavy atom. The molecule has 2 N–H and O–H groups in total. The first-order valence-corrected chi connectivity index (χ1v) is 8.84. The maximum atomic E-state index is 12.4. The predicted molar refractivity (Wildman–Crippen MR) is 94.2 cm³/mol. The molecule has 0 saturated heterocycles. The third-order valence-corrected chi connectivity index (χ3v) is 4.83. The summed E-state index contributed by atoms with van der Waals surface area (Å²) in [5, 5.41) is 8.93. The van der Waals surface area contributed by atoms with Gasteiger partial charge in [0.2, 0.25) is 5.91 Å². The molecule has 0 saturated carbocycles. The lowest BCUT2D eigenvalue weighted by Crippen LogP contribution is -2.13. The van der Waals surface area contributed by atoms with Gasteiger partial charge in [0.1, 0.15) is 5.82 Å². The molecule has 1 heterocycles. The Morgan fingerprint density at radius 2 is 1.96 bits per heavy atom. The Hall–Kier alpha value is -2.15. The predicted octanol–water partition coefficient (Wildman–Crippen LogP) is 2.31. The molecule has 0 aliphatic rings. The number of aryl methyl sites for hydroxylation is 3. The summed E-state index contributed by atoms with van der Waals surface area (Å²) in [4.78, 5) is 23.3. The Kier molecular flexibility index (Phi) is 6.14. The van der Waals surface area contributed by atoms with Gasteiger partial charge in [-0.15, -0.1) is 10.2 Å². The molecule has 24 heavy (non-hydrogen) atoms. The molecule has 1 aromatic carbocycles. The highest BCUT2D eigenvalue weighted by atomic mass is 32.2. The number of aromatic nitrogens is 3. The van der Waals surface area contributed by atoms with E-state index in [-0.39, 0.29) is 18.1 Å². The lowest BCUT2D eigenvalue weighted by molar-refractivity contribution is -0.118. The van der Waals surface area contributed by atoms with E-state index >= 15 is 0 Å². The highest BCUT2D eigenvalue weighted by molar-refractivity contribution is 7.99. The van der Waals surface area contributed by atoms with Gasteiger partial charge in [0.25, 0.3) is 0 Å². The number of rotatable bonds is 8. The van der Waals surface area contributed by atoms with Crippen molar-refractivity contribution in [2.24, 2.45) is 5.73 Å². The van der Waals surface area contributed by atoms with Crippen LogP contribution in [-0.4, -0.2) is 32.2 Å². The average molecular weight is 346 g/mol. The zero-order chi connectivity index (χ0) is 17.7. The van der Waals surface area contributed by atoms with Crippen molar-refractivity contribution in [1.82, 2.24) is 14.8 Å². The van der Waals surface area contributed by atoms with E-state index in [0.717, 1.165) is 11.4 Å². The summed E-state index contributed by atoms with van der Waals surface area (Å²) < 4.78 is 1.92. The molecule has 7 heteroatoms. The molecular weight excluding hydrogens is 324 g/mol. The Morgan fingerprint density at radius 1 is 1.21 bits per heavy atom. The molecule has 128 valence electrons. The maximum Gasteiger partial charge on any atom is 0.217 e. The van der Waals surface area contributed by atoms with Crippen molar-refractivity contribution >= 4 is 23.5 Å². The Labute approximate surface area is 145 Å². The normalized spacial score (nSPS) is 10.8. The van der Waals surface area contributed by atoms with Crippen LogP contribution in [0.3, 0.4) is 0 Å². The number of nitrogens with zero attached hydrogens (tertiary/aromatic N) is 3. The molecule has 2 rings (SSSR count). The second kappa shape index (κ2) is 8.10. The van der Waals surface area contributed by atoms with Crippen LogP contribution in [0.15, 0.2) is 23.4 Å². The van der Waals surface area contributed by atoms with Gasteiger partial charge in [0.05, 0.1) is 5.75 Å². The van der Waals surface area contributed by atoms with Crippen molar-refractivity contribution in [2.45, 2.75) is 45.3 Å². The topological polar surface area (TPSA) is 90.9 Å². The summed E-state index contributed by atoms with van der Waals surface area (Å²) in [5.74, 6) is 0.723. The summed E-state index contributed by atoms with van der Waals surface area (Å²) in [5.41, 5.74) is 8.17. The van der Waals surface area contributed by atoms with Crippen molar-refractivity contribution in [3.8, 4) is 0 Å². The molecule has 1 amide bonds. The summed E-state index contributed by atoms with van der Waals surface area (Å²) >= 11 is 1.36. The van der Waals surface area contributed by atoms with Crippen LogP contribution in [0, 0.1) is 13.8 Å². The monoisotopic (exact) mass is 346 g/mol. The highest BCUT2D eigenvalue weighted by Crippen LogP contribution is 2.20. The number of hydrogen-bond donors (Lipinski definition) is 1. The van der Waals surface area contributed by atoms with Crippen molar-refractivity contribution in [1.29, 1.82) is 0 Å². The lowest BCUT2D eigenvalue weighted by Gasteiger charge is -2.07. The highest BCUT2D eigenvalue weighted by Gasteiger charge is 2.14. The molecule has 0 fully saturated rings. The number of primary amides is 1. The molecule has 2 aromatic rings. The van der Waals surface area contributed by atoms with Crippen molar-refractivity contribution in [2.75, 3.05) is 5.75 Å². The minimum atomic E-state index is -0.361. The van der Waals surface area contributed by atoms with Crippen molar-refractivity contribution in [3.63, 3.8) is 0 Å². The number of amides is 1. The van der Waals surface area contributed by atoms with Gasteiger partial charge in [-0.1, -0.05) is 23.9 Å². The Balaban J connectivity index is 2.04. The fraction of sp³-hybridized carbons (Fsp3) is 0.412. The van der Waals surface area contributed by atoms with Crippen LogP contribution in [0.4, 0.5) is 0 Å². The summed E-state index contributed by atoms with van der Waals surface area (Å²) in [6.45, 7) is 6.68. The van der Waals surface area contributed by atoms with Crippen LogP contribution < -0.4 is 5.73 Å². The first kappa shape index (κ1) is 18.2. The molecular formula is C17H22N4O2S. The minimum Gasteiger partial charge on any atom is -0.370 e. The molecule has 1 aromatic heterocycles. The van der Waals surface area contributed by atoms with E-state index in [1.165, 1.54) is 17.3 Å². The number of benzene rings is 1. The smallest absolute Gasteiger partial charge is 0.217 e. The molecule has 0 aliphatic carbocycles. The largest absolute Gasteiger partial charge is 0.370 e. The summed E-state index contributed by atoms with van der Waals surface area (Å²) in [6.07, 6.45) is 0.701. The van der Waals surface area contributed by atoms with E-state index in [1.54, 1.807) is 0 Å². The maximum absolute atomic E-state index is 12.4. The van der Waals surface area contributed by atoms with Gasteiger partial charge in [-0.2, -0.15) is 0 Å². The van der Waals surface area contributed by atoms with Gasteiger partial charge >= 0.3 is 0 Å². The van der Waals surface area contributed by atoms with Crippen molar-refractivity contribution in [3.05, 3.63) is 40.7 Å². The van der Waals surface area contributed by atoms with Crippen LogP contribution in [0.1, 0.15) is 40.7 Å². The molecule has 0 bridgehead atoms. The summed E-state index contributed by atoms with van der Waals surface area (Å²) in [6, 6.07) is 5.73. The third kappa shape index (κ3) is 4.44. The fourth-order valence-corrected chi connectivity index (χ4v) is 3.21. The fourth-order valence-electron chi connectivity index (χ4n) is 2.29. The van der Waals surface area contributed by atoms with Crippen LogP contribution in [0.2, 0.25) is 0 Å². The SMILES string of the molecule is CCn1c(CCC(N)=O)nnc1SCC(=O)c1ccc(C)c(C)c1. The molecule has 0 aliphatic heterocycles. The molecule has 6 nitrogen and oxygen atoms in total.